The number of carbonyl (C=O) groups excluding carboxylic acids is 2. The second-order valence-electron chi connectivity index (χ2n) is 5.08. The van der Waals surface area contributed by atoms with Crippen molar-refractivity contribution in [2.24, 2.45) is 0 Å². The average molecular weight is 304 g/mol. The second-order valence-corrected chi connectivity index (χ2v) is 5.52. The van der Waals surface area contributed by atoms with Crippen LogP contribution in [0.3, 0.4) is 0 Å². The third kappa shape index (κ3) is 2.64. The van der Waals surface area contributed by atoms with Crippen molar-refractivity contribution in [2.45, 2.75) is 18.3 Å². The number of hydrogen-bond donors (Lipinski definition) is 3. The molecule has 0 atom stereocenters. The Morgan fingerprint density at radius 3 is 2.38 bits per heavy atom. The van der Waals surface area contributed by atoms with Crippen LogP contribution in [0.4, 0.5) is 0 Å². The summed E-state index contributed by atoms with van der Waals surface area (Å²) in [7, 11) is 0. The number of hydrogen-bond acceptors (Lipinski definition) is 2. The van der Waals surface area contributed by atoms with Crippen molar-refractivity contribution >= 4 is 23.4 Å². The highest BCUT2D eigenvalue weighted by molar-refractivity contribution is 6.30. The van der Waals surface area contributed by atoms with Gasteiger partial charge in [0.05, 0.1) is 5.41 Å². The maximum absolute atomic E-state index is 12.3. The van der Waals surface area contributed by atoms with Gasteiger partial charge in [0.1, 0.15) is 5.69 Å². The molecule has 0 radical (unpaired) electrons. The lowest BCUT2D eigenvalue weighted by Gasteiger charge is -2.16. The van der Waals surface area contributed by atoms with Crippen molar-refractivity contribution in [3.63, 3.8) is 0 Å². The minimum atomic E-state index is -0.548. The fourth-order valence-corrected chi connectivity index (χ4v) is 2.44. The summed E-state index contributed by atoms with van der Waals surface area (Å²) >= 11 is 5.86. The molecule has 0 spiro atoms. The summed E-state index contributed by atoms with van der Waals surface area (Å²) in [6.45, 7) is 0. The zero-order valence-electron chi connectivity index (χ0n) is 11.2. The number of hydrazine groups is 1. The minimum absolute atomic E-state index is 0.204. The molecule has 21 heavy (non-hydrogen) atoms. The van der Waals surface area contributed by atoms with Crippen molar-refractivity contribution in [2.75, 3.05) is 0 Å². The van der Waals surface area contributed by atoms with Crippen LogP contribution in [0.25, 0.3) is 0 Å². The normalized spacial score (nSPS) is 15.3. The Kier molecular flexibility index (Phi) is 3.43. The van der Waals surface area contributed by atoms with Gasteiger partial charge in [-0.25, -0.2) is 0 Å². The number of nitrogens with one attached hydrogen (secondary N) is 3. The summed E-state index contributed by atoms with van der Waals surface area (Å²) < 4.78 is 0. The van der Waals surface area contributed by atoms with Crippen LogP contribution in [-0.4, -0.2) is 16.8 Å². The summed E-state index contributed by atoms with van der Waals surface area (Å²) in [4.78, 5) is 26.9. The van der Waals surface area contributed by atoms with Gasteiger partial charge in [0, 0.05) is 11.2 Å². The molecule has 3 rings (SSSR count). The predicted molar refractivity (Wildman–Crippen MR) is 78.8 cm³/mol. The molecule has 108 valence electrons. The number of aromatic nitrogens is 1. The lowest BCUT2D eigenvalue weighted by atomic mass is 9.95. The maximum atomic E-state index is 12.3. The molecular formula is C15H14ClN3O2. The molecule has 1 aromatic carbocycles. The molecule has 1 saturated carbocycles. The van der Waals surface area contributed by atoms with Crippen LogP contribution in [0.15, 0.2) is 42.6 Å². The Balaban J connectivity index is 1.65. The standard InChI is InChI=1S/C15H14ClN3O2/c16-11-5-3-10(4-6-11)15(7-8-15)14(21)19-18-13(20)12-2-1-9-17-12/h1-6,9,17H,7-8H2,(H,18,20)(H,19,21). The van der Waals surface area contributed by atoms with Crippen LogP contribution in [-0.2, 0) is 10.2 Å². The first-order valence-corrected chi connectivity index (χ1v) is 7.00. The van der Waals surface area contributed by atoms with Crippen molar-refractivity contribution in [1.82, 2.24) is 15.8 Å². The molecule has 3 N–H and O–H groups in total. The fourth-order valence-electron chi connectivity index (χ4n) is 2.31. The summed E-state index contributed by atoms with van der Waals surface area (Å²) in [6, 6.07) is 10.6. The molecule has 1 aromatic heterocycles. The van der Waals surface area contributed by atoms with Gasteiger partial charge in [0.15, 0.2) is 0 Å². The number of amides is 2. The van der Waals surface area contributed by atoms with Crippen LogP contribution in [0.5, 0.6) is 0 Å². The number of carbonyl (C=O) groups is 2. The molecule has 5 nitrogen and oxygen atoms in total. The largest absolute Gasteiger partial charge is 0.357 e. The van der Waals surface area contributed by atoms with Crippen molar-refractivity contribution in [3.8, 4) is 0 Å². The molecule has 2 aromatic rings. The molecule has 2 amide bonds. The lowest BCUT2D eigenvalue weighted by Crippen LogP contribution is -2.46. The highest BCUT2D eigenvalue weighted by Gasteiger charge is 2.51. The van der Waals surface area contributed by atoms with Crippen molar-refractivity contribution in [3.05, 3.63) is 58.9 Å². The van der Waals surface area contributed by atoms with Gasteiger partial charge < -0.3 is 4.98 Å². The Labute approximate surface area is 126 Å². The van der Waals surface area contributed by atoms with Gasteiger partial charge in [0.25, 0.3) is 5.91 Å². The van der Waals surface area contributed by atoms with Crippen LogP contribution >= 0.6 is 11.6 Å². The maximum Gasteiger partial charge on any atom is 0.286 e. The van der Waals surface area contributed by atoms with Crippen molar-refractivity contribution < 1.29 is 9.59 Å². The minimum Gasteiger partial charge on any atom is -0.357 e. The van der Waals surface area contributed by atoms with E-state index in [2.05, 4.69) is 15.8 Å². The number of rotatable bonds is 3. The van der Waals surface area contributed by atoms with E-state index in [-0.39, 0.29) is 11.8 Å². The van der Waals surface area contributed by atoms with E-state index in [1.807, 2.05) is 12.1 Å². The first-order valence-electron chi connectivity index (χ1n) is 6.62. The number of halogens is 1. The van der Waals surface area contributed by atoms with E-state index in [0.29, 0.717) is 10.7 Å². The molecule has 1 aliphatic rings. The van der Waals surface area contributed by atoms with E-state index in [9.17, 15) is 9.59 Å². The van der Waals surface area contributed by atoms with Gasteiger partial charge in [-0.1, -0.05) is 23.7 Å². The number of aromatic amines is 1. The third-order valence-corrected chi connectivity index (χ3v) is 3.97. The summed E-state index contributed by atoms with van der Waals surface area (Å²) in [6.07, 6.45) is 3.17. The van der Waals surface area contributed by atoms with Crippen LogP contribution in [0.2, 0.25) is 5.02 Å². The molecule has 0 unspecified atom stereocenters. The Bertz CT molecular complexity index is 661. The Morgan fingerprint density at radius 2 is 1.81 bits per heavy atom. The predicted octanol–water partition coefficient (Wildman–Crippen LogP) is 2.16. The van der Waals surface area contributed by atoms with Gasteiger partial charge in [-0.2, -0.15) is 0 Å². The van der Waals surface area contributed by atoms with Gasteiger partial charge in [-0.3, -0.25) is 20.4 Å². The van der Waals surface area contributed by atoms with E-state index in [0.717, 1.165) is 18.4 Å². The SMILES string of the molecule is O=C(NNC(=O)C1(c2ccc(Cl)cc2)CC1)c1ccc[nH]1. The molecule has 0 bridgehead atoms. The fraction of sp³-hybridized carbons (Fsp3) is 0.200. The summed E-state index contributed by atoms with van der Waals surface area (Å²) in [5.41, 5.74) is 5.67. The molecule has 6 heteroatoms. The molecule has 1 heterocycles. The van der Waals surface area contributed by atoms with Crippen LogP contribution < -0.4 is 10.9 Å². The van der Waals surface area contributed by atoms with Gasteiger partial charge in [-0.15, -0.1) is 0 Å². The second kappa shape index (κ2) is 5.26. The molecule has 0 aliphatic heterocycles. The van der Waals surface area contributed by atoms with E-state index in [4.69, 9.17) is 11.6 Å². The zero-order valence-corrected chi connectivity index (χ0v) is 11.9. The zero-order chi connectivity index (χ0) is 14.9. The van der Waals surface area contributed by atoms with E-state index >= 15 is 0 Å². The van der Waals surface area contributed by atoms with Crippen molar-refractivity contribution in [1.29, 1.82) is 0 Å². The summed E-state index contributed by atoms with van der Waals surface area (Å²) in [5, 5.41) is 0.634. The van der Waals surface area contributed by atoms with E-state index in [1.165, 1.54) is 0 Å². The van der Waals surface area contributed by atoms with Gasteiger partial charge in [0.2, 0.25) is 5.91 Å². The van der Waals surface area contributed by atoms with E-state index < -0.39 is 5.41 Å². The molecular weight excluding hydrogens is 290 g/mol. The van der Waals surface area contributed by atoms with Gasteiger partial charge >= 0.3 is 0 Å². The Morgan fingerprint density at radius 1 is 1.10 bits per heavy atom. The topological polar surface area (TPSA) is 74.0 Å². The number of H-pyrrole nitrogens is 1. The third-order valence-electron chi connectivity index (χ3n) is 3.71. The average Bonchev–Trinajstić information content (AvgIpc) is 3.11. The highest BCUT2D eigenvalue weighted by Crippen LogP contribution is 2.48. The first kappa shape index (κ1) is 13.7. The molecule has 1 fully saturated rings. The first-order chi connectivity index (χ1) is 10.1. The van der Waals surface area contributed by atoms with Crippen LogP contribution in [0.1, 0.15) is 28.9 Å². The van der Waals surface area contributed by atoms with Gasteiger partial charge in [-0.05, 0) is 42.7 Å². The van der Waals surface area contributed by atoms with E-state index in [1.54, 1.807) is 30.5 Å². The highest BCUT2D eigenvalue weighted by atomic mass is 35.5. The number of benzene rings is 1. The van der Waals surface area contributed by atoms with Crippen LogP contribution in [0, 0.1) is 0 Å². The molecule has 1 aliphatic carbocycles. The quantitative estimate of drug-likeness (QED) is 0.760. The monoisotopic (exact) mass is 303 g/mol. The lowest BCUT2D eigenvalue weighted by molar-refractivity contribution is -0.124. The molecule has 0 saturated heterocycles. The smallest absolute Gasteiger partial charge is 0.286 e. The Hall–Kier alpha value is -2.27. The summed E-state index contributed by atoms with van der Waals surface area (Å²) in [5.74, 6) is -0.579.